The van der Waals surface area contributed by atoms with Crippen LogP contribution < -0.4 is 0 Å². The molecule has 1 aromatic rings. The lowest BCUT2D eigenvalue weighted by atomic mass is 10.3. The molecular weight excluding hydrogens is 265 g/mol. The Morgan fingerprint density at radius 1 is 0.789 bits per heavy atom. The fourth-order valence-electron chi connectivity index (χ4n) is 1.54. The molecule has 0 aromatic heterocycles. The molecule has 0 aliphatic rings. The van der Waals surface area contributed by atoms with Crippen molar-refractivity contribution in [2.75, 3.05) is 42.3 Å². The highest BCUT2D eigenvalue weighted by molar-refractivity contribution is 7.56. The minimum Gasteiger partial charge on any atom is -0.504 e. The van der Waals surface area contributed by atoms with Crippen LogP contribution in [0.15, 0.2) is 24.3 Å². The van der Waals surface area contributed by atoms with Gasteiger partial charge in [-0.25, -0.2) is 14.0 Å². The second-order valence-corrected chi connectivity index (χ2v) is 7.97. The molecule has 0 amide bonds. The average molecular weight is 289 g/mol. The summed E-state index contributed by atoms with van der Waals surface area (Å²) in [5.74, 6) is -0.153. The number of para-hydroxylation sites is 2. The molecule has 0 unspecified atom stereocenters. The predicted molar refractivity (Wildman–Crippen MR) is 78.4 cm³/mol. The maximum absolute atomic E-state index is 12.1. The second kappa shape index (κ2) is 7.50. The van der Waals surface area contributed by atoms with Crippen molar-refractivity contribution in [2.24, 2.45) is 0 Å². The molecule has 2 N–H and O–H groups in total. The highest BCUT2D eigenvalue weighted by atomic mass is 31.2. The van der Waals surface area contributed by atoms with Crippen LogP contribution in [0.2, 0.25) is 0 Å². The first kappa shape index (κ1) is 17.9. The first-order valence-electron chi connectivity index (χ1n) is 5.74. The Labute approximate surface area is 115 Å². The van der Waals surface area contributed by atoms with E-state index in [-0.39, 0.29) is 11.5 Å². The Hall–Kier alpha value is -1.07. The molecule has 0 heterocycles. The van der Waals surface area contributed by atoms with E-state index in [1.54, 1.807) is 26.1 Å². The van der Waals surface area contributed by atoms with Gasteiger partial charge in [0.2, 0.25) is 0 Å². The van der Waals surface area contributed by atoms with Gasteiger partial charge < -0.3 is 10.2 Å². The minimum absolute atomic E-state index is 0.0764. The Morgan fingerprint density at radius 3 is 1.16 bits per heavy atom. The number of phenols is 2. The normalized spacial score (nSPS) is 11.6. The molecule has 0 bridgehead atoms. The molecule has 0 spiro atoms. The minimum atomic E-state index is -2.44. The van der Waals surface area contributed by atoms with Crippen LogP contribution in [-0.4, -0.2) is 66.5 Å². The molecule has 1 aromatic carbocycles. The highest BCUT2D eigenvalue weighted by Crippen LogP contribution is 2.50. The molecule has 1 rings (SSSR count). The van der Waals surface area contributed by atoms with Crippen molar-refractivity contribution in [1.82, 2.24) is 14.0 Å². The van der Waals surface area contributed by atoms with Crippen molar-refractivity contribution in [1.29, 1.82) is 0 Å². The van der Waals surface area contributed by atoms with Gasteiger partial charge in [-0.05, 0) is 54.4 Å². The Balaban J connectivity index is 0.000000356. The van der Waals surface area contributed by atoms with Crippen LogP contribution >= 0.6 is 7.59 Å². The SMILES string of the molecule is CN(C)P(=O)(N(C)C)N(C)C.Oc1ccccc1O. The second-order valence-electron chi connectivity index (χ2n) is 4.54. The summed E-state index contributed by atoms with van der Waals surface area (Å²) in [4.78, 5) is 0. The largest absolute Gasteiger partial charge is 0.504 e. The molecule has 0 saturated carbocycles. The van der Waals surface area contributed by atoms with E-state index in [1.807, 2.05) is 42.3 Å². The third kappa shape index (κ3) is 4.84. The van der Waals surface area contributed by atoms with E-state index in [4.69, 9.17) is 10.2 Å². The lowest BCUT2D eigenvalue weighted by Gasteiger charge is -2.34. The predicted octanol–water partition coefficient (Wildman–Crippen LogP) is 1.88. The summed E-state index contributed by atoms with van der Waals surface area (Å²) < 4.78 is 17.3. The van der Waals surface area contributed by atoms with Crippen molar-refractivity contribution in [2.45, 2.75) is 0 Å². The first-order valence-corrected chi connectivity index (χ1v) is 7.31. The maximum atomic E-state index is 12.1. The van der Waals surface area contributed by atoms with Crippen LogP contribution in [0.3, 0.4) is 0 Å². The molecule has 0 atom stereocenters. The molecule has 0 saturated heterocycles. The van der Waals surface area contributed by atoms with Gasteiger partial charge in [0.05, 0.1) is 0 Å². The van der Waals surface area contributed by atoms with Gasteiger partial charge in [0, 0.05) is 0 Å². The van der Waals surface area contributed by atoms with Gasteiger partial charge in [-0.2, -0.15) is 0 Å². The molecule has 0 aliphatic heterocycles. The van der Waals surface area contributed by atoms with E-state index in [9.17, 15) is 4.57 Å². The van der Waals surface area contributed by atoms with E-state index in [1.165, 1.54) is 12.1 Å². The van der Waals surface area contributed by atoms with Gasteiger partial charge in [-0.15, -0.1) is 0 Å². The zero-order valence-corrected chi connectivity index (χ0v) is 13.3. The van der Waals surface area contributed by atoms with E-state index in [0.29, 0.717) is 0 Å². The number of rotatable bonds is 3. The van der Waals surface area contributed by atoms with Crippen molar-refractivity contribution in [3.05, 3.63) is 24.3 Å². The van der Waals surface area contributed by atoms with E-state index in [0.717, 1.165) is 0 Å². The highest BCUT2D eigenvalue weighted by Gasteiger charge is 2.30. The molecule has 0 aliphatic carbocycles. The quantitative estimate of drug-likeness (QED) is 0.654. The third-order valence-electron chi connectivity index (χ3n) is 2.44. The smallest absolute Gasteiger partial charge is 0.285 e. The summed E-state index contributed by atoms with van der Waals surface area (Å²) in [5, 5.41) is 17.3. The van der Waals surface area contributed by atoms with Crippen molar-refractivity contribution >= 4 is 7.59 Å². The molecule has 0 fully saturated rings. The maximum Gasteiger partial charge on any atom is 0.285 e. The number of hydrogen-bond acceptors (Lipinski definition) is 3. The summed E-state index contributed by atoms with van der Waals surface area (Å²) in [6.07, 6.45) is 0. The van der Waals surface area contributed by atoms with E-state index < -0.39 is 7.59 Å². The fourth-order valence-corrected chi connectivity index (χ4v) is 3.68. The standard InChI is InChI=1S/C6H18N3OP.C6H6O2/c1-7(2)11(10,8(3)4)9(5)6;7-5-3-1-2-4-6(5)8/h1-6H3;1-4,7-8H. The Bertz CT molecular complexity index is 386. The molecule has 0 radical (unpaired) electrons. The van der Waals surface area contributed by atoms with Crippen LogP contribution in [0.5, 0.6) is 11.5 Å². The number of nitrogens with zero attached hydrogens (tertiary/aromatic N) is 3. The van der Waals surface area contributed by atoms with Crippen LogP contribution in [0.25, 0.3) is 0 Å². The number of hydrogen-bond donors (Lipinski definition) is 2. The number of benzene rings is 1. The van der Waals surface area contributed by atoms with Crippen LogP contribution in [0, 0.1) is 0 Å². The topological polar surface area (TPSA) is 67.3 Å². The van der Waals surface area contributed by atoms with Crippen LogP contribution in [0.1, 0.15) is 0 Å². The van der Waals surface area contributed by atoms with Gasteiger partial charge >= 0.3 is 0 Å². The third-order valence-corrected chi connectivity index (χ3v) is 5.57. The zero-order valence-electron chi connectivity index (χ0n) is 12.4. The number of aromatic hydroxyl groups is 2. The molecule has 110 valence electrons. The summed E-state index contributed by atoms with van der Waals surface area (Å²) in [6, 6.07) is 6.15. The summed E-state index contributed by atoms with van der Waals surface area (Å²) >= 11 is 0. The van der Waals surface area contributed by atoms with Crippen LogP contribution in [-0.2, 0) is 4.57 Å². The van der Waals surface area contributed by atoms with Crippen LogP contribution in [0.4, 0.5) is 0 Å². The lowest BCUT2D eigenvalue weighted by Crippen LogP contribution is -2.30. The van der Waals surface area contributed by atoms with Gasteiger partial charge in [0.1, 0.15) is 0 Å². The Kier molecular flexibility index (Phi) is 7.08. The summed E-state index contributed by atoms with van der Waals surface area (Å²) in [6.45, 7) is 0. The average Bonchev–Trinajstić information content (AvgIpc) is 2.31. The van der Waals surface area contributed by atoms with Gasteiger partial charge in [0.15, 0.2) is 11.5 Å². The molecule has 7 heteroatoms. The van der Waals surface area contributed by atoms with Crippen molar-refractivity contribution in [3.63, 3.8) is 0 Å². The lowest BCUT2D eigenvalue weighted by molar-refractivity contribution is 0.383. The molecule has 6 nitrogen and oxygen atoms in total. The summed E-state index contributed by atoms with van der Waals surface area (Å²) in [5.41, 5.74) is 0. The van der Waals surface area contributed by atoms with Gasteiger partial charge in [-0.3, -0.25) is 4.57 Å². The first-order chi connectivity index (χ1) is 8.63. The van der Waals surface area contributed by atoms with E-state index >= 15 is 0 Å². The molecule has 19 heavy (non-hydrogen) atoms. The van der Waals surface area contributed by atoms with Gasteiger partial charge in [0.25, 0.3) is 7.59 Å². The monoisotopic (exact) mass is 289 g/mol. The molecular formula is C12H24N3O3P. The zero-order chi connectivity index (χ0) is 15.2. The van der Waals surface area contributed by atoms with E-state index in [2.05, 4.69) is 0 Å². The van der Waals surface area contributed by atoms with Crippen molar-refractivity contribution in [3.8, 4) is 11.5 Å². The number of phenolic OH excluding ortho intramolecular Hbond substituents is 2. The van der Waals surface area contributed by atoms with Crippen molar-refractivity contribution < 1.29 is 14.8 Å². The van der Waals surface area contributed by atoms with Gasteiger partial charge in [-0.1, -0.05) is 12.1 Å². The summed E-state index contributed by atoms with van der Waals surface area (Å²) in [7, 11) is 8.49. The Morgan fingerprint density at radius 2 is 1.05 bits per heavy atom. The fraction of sp³-hybridized carbons (Fsp3) is 0.500.